The number of esters is 1. The summed E-state index contributed by atoms with van der Waals surface area (Å²) in [4.78, 5) is 14.3. The number of benzene rings is 1. The van der Waals surface area contributed by atoms with Crippen molar-refractivity contribution in [2.24, 2.45) is 0 Å². The highest BCUT2D eigenvalue weighted by atomic mass is 32.1. The molecule has 0 radical (unpaired) electrons. The zero-order chi connectivity index (χ0) is 20.3. The van der Waals surface area contributed by atoms with Gasteiger partial charge < -0.3 is 14.3 Å². The normalized spacial score (nSPS) is 21.9. The lowest BCUT2D eigenvalue weighted by Gasteiger charge is -2.30. The first-order valence-electron chi connectivity index (χ1n) is 9.88. The molecule has 0 saturated carbocycles. The minimum atomic E-state index is -1.72. The van der Waals surface area contributed by atoms with Gasteiger partial charge in [-0.1, -0.05) is 42.5 Å². The van der Waals surface area contributed by atoms with Crippen molar-refractivity contribution in [3.63, 3.8) is 0 Å². The molecule has 2 aromatic heterocycles. The van der Waals surface area contributed by atoms with Gasteiger partial charge in [-0.3, -0.25) is 0 Å². The summed E-state index contributed by atoms with van der Waals surface area (Å²) in [5.74, 6) is -0.566. The van der Waals surface area contributed by atoms with Gasteiger partial charge in [0.2, 0.25) is 5.60 Å². The second-order valence-electron chi connectivity index (χ2n) is 7.97. The molecule has 1 fully saturated rings. The summed E-state index contributed by atoms with van der Waals surface area (Å²) in [5, 5.41) is 15.1. The van der Waals surface area contributed by atoms with E-state index in [1.165, 1.54) is 28.2 Å². The van der Waals surface area contributed by atoms with E-state index in [0.717, 1.165) is 37.0 Å². The molecule has 152 valence electrons. The van der Waals surface area contributed by atoms with Crippen LogP contribution in [0.4, 0.5) is 0 Å². The Bertz CT molecular complexity index is 890. The first-order valence-corrected chi connectivity index (χ1v) is 11.6. The number of nitrogens with zero attached hydrogens (tertiary/aromatic N) is 1. The highest BCUT2D eigenvalue weighted by molar-refractivity contribution is 7.12. The molecule has 1 aliphatic heterocycles. The predicted octanol–water partition coefficient (Wildman–Crippen LogP) is 4.05. The van der Waals surface area contributed by atoms with Gasteiger partial charge in [-0.25, -0.2) is 4.79 Å². The number of hydrogen-bond acceptors (Lipinski definition) is 5. The number of hydrogen-bond donors (Lipinski definition) is 1. The molecule has 1 aromatic carbocycles. The second kappa shape index (κ2) is 8.40. The van der Waals surface area contributed by atoms with Crippen LogP contribution < -0.4 is 0 Å². The Morgan fingerprint density at radius 1 is 1.10 bits per heavy atom. The third kappa shape index (κ3) is 4.31. The first-order chi connectivity index (χ1) is 14.0. The fourth-order valence-electron chi connectivity index (χ4n) is 4.00. The topological polar surface area (TPSA) is 46.5 Å². The summed E-state index contributed by atoms with van der Waals surface area (Å²) >= 11 is 2.74. The zero-order valence-corrected chi connectivity index (χ0v) is 18.1. The molecule has 1 unspecified atom stereocenters. The van der Waals surface area contributed by atoms with Crippen LogP contribution in [0.1, 0.15) is 21.7 Å². The van der Waals surface area contributed by atoms with Crippen LogP contribution in [-0.4, -0.2) is 48.3 Å². The van der Waals surface area contributed by atoms with Crippen molar-refractivity contribution in [1.29, 1.82) is 0 Å². The minimum Gasteiger partial charge on any atom is -0.453 e. The molecule has 4 rings (SSSR count). The van der Waals surface area contributed by atoms with Crippen molar-refractivity contribution in [2.75, 3.05) is 26.7 Å². The van der Waals surface area contributed by atoms with Gasteiger partial charge in [0.25, 0.3) is 0 Å². The van der Waals surface area contributed by atoms with Gasteiger partial charge in [-0.2, -0.15) is 0 Å². The quantitative estimate of drug-likeness (QED) is 0.456. The van der Waals surface area contributed by atoms with E-state index in [1.54, 1.807) is 12.1 Å². The van der Waals surface area contributed by atoms with E-state index in [-0.39, 0.29) is 6.10 Å². The summed E-state index contributed by atoms with van der Waals surface area (Å²) in [7, 11) is 2.22. The van der Waals surface area contributed by atoms with Crippen LogP contribution in [0.5, 0.6) is 0 Å². The maximum absolute atomic E-state index is 13.1. The number of quaternary nitrogens is 1. The van der Waals surface area contributed by atoms with Crippen LogP contribution in [0.15, 0.2) is 65.4 Å². The fourth-order valence-corrected chi connectivity index (χ4v) is 5.72. The number of likely N-dealkylation sites (N-methyl/N-ethyl adjacent to an activating group) is 1. The summed E-state index contributed by atoms with van der Waals surface area (Å²) in [6.45, 7) is 2.77. The summed E-state index contributed by atoms with van der Waals surface area (Å²) in [6.07, 6.45) is 1.66. The van der Waals surface area contributed by atoms with Crippen molar-refractivity contribution in [2.45, 2.75) is 24.5 Å². The number of carbonyl (C=O) groups excluding carboxylic acids is 1. The Labute approximate surface area is 179 Å². The molecule has 0 aliphatic carbocycles. The molecule has 0 spiro atoms. The van der Waals surface area contributed by atoms with Gasteiger partial charge in [0, 0.05) is 12.8 Å². The van der Waals surface area contributed by atoms with Crippen LogP contribution in [0.3, 0.4) is 0 Å². The standard InChI is InChI=1S/C23H26NO3S2/c1-24(13-11-18-7-3-2-4-8-18)14-12-19(17-24)27-22(25)23(26,20-9-5-15-28-20)21-10-6-16-29-21/h2-10,15-16,19,26H,11-14,17H2,1H3/q+1/t19-,24?/m0/s1. The van der Waals surface area contributed by atoms with E-state index in [4.69, 9.17) is 4.74 Å². The molecule has 3 aromatic rings. The average molecular weight is 429 g/mol. The molecular formula is C23H26NO3S2+. The monoisotopic (exact) mass is 428 g/mol. The largest absolute Gasteiger partial charge is 0.453 e. The van der Waals surface area contributed by atoms with Crippen LogP contribution in [0.2, 0.25) is 0 Å². The Kier molecular flexibility index (Phi) is 5.88. The van der Waals surface area contributed by atoms with Gasteiger partial charge in [-0.05, 0) is 28.5 Å². The van der Waals surface area contributed by atoms with Gasteiger partial charge in [0.1, 0.15) is 6.54 Å². The van der Waals surface area contributed by atoms with Crippen LogP contribution >= 0.6 is 22.7 Å². The molecule has 2 atom stereocenters. The number of thiophene rings is 2. The van der Waals surface area contributed by atoms with E-state index in [0.29, 0.717) is 9.75 Å². The molecule has 1 saturated heterocycles. The number of rotatable bonds is 7. The van der Waals surface area contributed by atoms with Gasteiger partial charge in [0.05, 0.1) is 29.9 Å². The number of carbonyl (C=O) groups is 1. The SMILES string of the molecule is C[N+]1(CCc2ccccc2)CC[C@H](OC(=O)C(O)(c2cccs2)c2cccs2)C1. The van der Waals surface area contributed by atoms with Crippen molar-refractivity contribution < 1.29 is 19.1 Å². The van der Waals surface area contributed by atoms with Crippen molar-refractivity contribution >= 4 is 28.6 Å². The van der Waals surface area contributed by atoms with Crippen molar-refractivity contribution in [3.8, 4) is 0 Å². The molecule has 3 heterocycles. The number of aliphatic hydroxyl groups is 1. The van der Waals surface area contributed by atoms with Crippen LogP contribution in [-0.2, 0) is 21.6 Å². The van der Waals surface area contributed by atoms with Crippen molar-refractivity contribution in [1.82, 2.24) is 0 Å². The van der Waals surface area contributed by atoms with Gasteiger partial charge >= 0.3 is 5.97 Å². The van der Waals surface area contributed by atoms with Crippen LogP contribution in [0.25, 0.3) is 0 Å². The summed E-state index contributed by atoms with van der Waals surface area (Å²) < 4.78 is 6.76. The fraction of sp³-hybridized carbons (Fsp3) is 0.348. The van der Waals surface area contributed by atoms with Gasteiger partial charge in [0.15, 0.2) is 6.10 Å². The van der Waals surface area contributed by atoms with Gasteiger partial charge in [-0.15, -0.1) is 22.7 Å². The lowest BCUT2D eigenvalue weighted by molar-refractivity contribution is -0.898. The molecule has 0 bridgehead atoms. The second-order valence-corrected chi connectivity index (χ2v) is 9.86. The lowest BCUT2D eigenvalue weighted by atomic mass is 10.00. The Hall–Kier alpha value is -1.99. The van der Waals surface area contributed by atoms with E-state index in [9.17, 15) is 9.90 Å². The third-order valence-corrected chi connectivity index (χ3v) is 7.70. The van der Waals surface area contributed by atoms with E-state index < -0.39 is 11.6 Å². The maximum atomic E-state index is 13.1. The predicted molar refractivity (Wildman–Crippen MR) is 117 cm³/mol. The average Bonchev–Trinajstić information content (AvgIpc) is 3.49. The van der Waals surface area contributed by atoms with E-state index >= 15 is 0 Å². The highest BCUT2D eigenvalue weighted by Crippen LogP contribution is 2.37. The Balaban J connectivity index is 1.43. The number of likely N-dealkylation sites (tertiary alicyclic amines) is 1. The van der Waals surface area contributed by atoms with E-state index in [1.807, 2.05) is 29.0 Å². The van der Waals surface area contributed by atoms with Crippen molar-refractivity contribution in [3.05, 3.63) is 80.7 Å². The molecule has 6 heteroatoms. The Morgan fingerprint density at radius 2 is 1.76 bits per heavy atom. The molecule has 1 aliphatic rings. The molecular weight excluding hydrogens is 402 g/mol. The summed E-state index contributed by atoms with van der Waals surface area (Å²) in [5.41, 5.74) is -0.393. The molecule has 29 heavy (non-hydrogen) atoms. The molecule has 0 amide bonds. The Morgan fingerprint density at radius 3 is 2.34 bits per heavy atom. The van der Waals surface area contributed by atoms with Crippen LogP contribution in [0, 0.1) is 0 Å². The molecule has 4 nitrogen and oxygen atoms in total. The zero-order valence-electron chi connectivity index (χ0n) is 16.5. The first kappa shape index (κ1) is 20.3. The lowest BCUT2D eigenvalue weighted by Crippen LogP contribution is -2.45. The number of ether oxygens (including phenoxy) is 1. The smallest absolute Gasteiger partial charge is 0.349 e. The maximum Gasteiger partial charge on any atom is 0.349 e. The third-order valence-electron chi connectivity index (χ3n) is 5.74. The summed E-state index contributed by atoms with van der Waals surface area (Å²) in [6, 6.07) is 17.8. The minimum absolute atomic E-state index is 0.172. The van der Waals surface area contributed by atoms with E-state index in [2.05, 4.69) is 31.3 Å². The highest BCUT2D eigenvalue weighted by Gasteiger charge is 2.46. The molecule has 1 N–H and O–H groups in total.